The van der Waals surface area contributed by atoms with E-state index >= 15 is 0 Å². The molecule has 9 nitrogen and oxygen atoms in total. The van der Waals surface area contributed by atoms with E-state index < -0.39 is 10.8 Å². The number of H-pyrrole nitrogens is 1. The standard InChI is InChI=1S/C9H8N6O3/c16-9(8-10-5-11-13-8)14-12-6-3-1-2-4-7(6)15(17)18/h1-5,12H,(H,14,16)(H,10,11,13). The fourth-order valence-electron chi connectivity index (χ4n) is 1.24. The highest BCUT2D eigenvalue weighted by Gasteiger charge is 2.14. The Morgan fingerprint density at radius 3 is 2.83 bits per heavy atom. The number of hydrazine groups is 1. The summed E-state index contributed by atoms with van der Waals surface area (Å²) in [5.41, 5.74) is 4.76. The molecule has 2 rings (SSSR count). The second kappa shape index (κ2) is 4.91. The summed E-state index contributed by atoms with van der Waals surface area (Å²) in [5.74, 6) is -0.577. The molecule has 0 bridgehead atoms. The van der Waals surface area contributed by atoms with E-state index in [1.165, 1.54) is 24.5 Å². The van der Waals surface area contributed by atoms with E-state index in [2.05, 4.69) is 26.0 Å². The molecule has 0 aliphatic heterocycles. The average molecular weight is 248 g/mol. The van der Waals surface area contributed by atoms with Gasteiger partial charge >= 0.3 is 5.91 Å². The molecule has 0 unspecified atom stereocenters. The summed E-state index contributed by atoms with van der Waals surface area (Å²) >= 11 is 0. The fraction of sp³-hybridized carbons (Fsp3) is 0. The number of para-hydroxylation sites is 2. The second-order valence-electron chi connectivity index (χ2n) is 3.19. The molecule has 0 saturated heterocycles. The average Bonchev–Trinajstić information content (AvgIpc) is 2.90. The van der Waals surface area contributed by atoms with Crippen LogP contribution in [0, 0.1) is 10.1 Å². The Kier molecular flexibility index (Phi) is 3.14. The molecule has 0 saturated carbocycles. The molecule has 18 heavy (non-hydrogen) atoms. The van der Waals surface area contributed by atoms with Crippen molar-refractivity contribution in [3.05, 3.63) is 46.5 Å². The number of nitro groups is 1. The van der Waals surface area contributed by atoms with Crippen LogP contribution in [0.3, 0.4) is 0 Å². The van der Waals surface area contributed by atoms with Crippen LogP contribution < -0.4 is 10.9 Å². The first kappa shape index (κ1) is 11.5. The summed E-state index contributed by atoms with van der Waals surface area (Å²) in [5, 5.41) is 16.6. The van der Waals surface area contributed by atoms with Crippen LogP contribution in [0.25, 0.3) is 0 Å². The zero-order chi connectivity index (χ0) is 13.0. The molecule has 0 aliphatic rings. The minimum absolute atomic E-state index is 0.00100. The monoisotopic (exact) mass is 248 g/mol. The molecule has 0 atom stereocenters. The molecular weight excluding hydrogens is 240 g/mol. The topological polar surface area (TPSA) is 126 Å². The summed E-state index contributed by atoms with van der Waals surface area (Å²) in [4.78, 5) is 25.3. The Morgan fingerprint density at radius 2 is 2.17 bits per heavy atom. The van der Waals surface area contributed by atoms with Crippen molar-refractivity contribution in [3.63, 3.8) is 0 Å². The van der Waals surface area contributed by atoms with Crippen molar-refractivity contribution in [2.45, 2.75) is 0 Å². The minimum atomic E-state index is -0.578. The Labute approximate surface area is 100 Å². The van der Waals surface area contributed by atoms with Crippen molar-refractivity contribution >= 4 is 17.3 Å². The lowest BCUT2D eigenvalue weighted by Gasteiger charge is -2.06. The van der Waals surface area contributed by atoms with Crippen molar-refractivity contribution in [1.29, 1.82) is 0 Å². The summed E-state index contributed by atoms with van der Waals surface area (Å²) in [6, 6.07) is 5.93. The van der Waals surface area contributed by atoms with Gasteiger partial charge in [0.15, 0.2) is 0 Å². The number of aromatic amines is 1. The van der Waals surface area contributed by atoms with Gasteiger partial charge in [-0.1, -0.05) is 12.1 Å². The van der Waals surface area contributed by atoms with Crippen molar-refractivity contribution in [1.82, 2.24) is 20.6 Å². The molecule has 1 amide bonds. The fourth-order valence-corrected chi connectivity index (χ4v) is 1.24. The van der Waals surface area contributed by atoms with Gasteiger partial charge in [-0.25, -0.2) is 4.98 Å². The van der Waals surface area contributed by atoms with Crippen LogP contribution in [-0.2, 0) is 0 Å². The van der Waals surface area contributed by atoms with E-state index in [0.29, 0.717) is 0 Å². The third-order valence-corrected chi connectivity index (χ3v) is 2.04. The Morgan fingerprint density at radius 1 is 1.39 bits per heavy atom. The number of nitrogens with zero attached hydrogens (tertiary/aromatic N) is 3. The predicted molar refractivity (Wildman–Crippen MR) is 60.6 cm³/mol. The normalized spacial score (nSPS) is 9.78. The number of nitro benzene ring substituents is 1. The molecule has 2 aromatic rings. The maximum absolute atomic E-state index is 11.5. The molecular formula is C9H8N6O3. The van der Waals surface area contributed by atoms with Gasteiger partial charge in [0.05, 0.1) is 4.92 Å². The third-order valence-electron chi connectivity index (χ3n) is 2.04. The van der Waals surface area contributed by atoms with Crippen molar-refractivity contribution < 1.29 is 9.72 Å². The molecule has 1 heterocycles. The first-order chi connectivity index (χ1) is 8.68. The van der Waals surface area contributed by atoms with Crippen molar-refractivity contribution in [2.75, 3.05) is 5.43 Å². The van der Waals surface area contributed by atoms with Crippen molar-refractivity contribution in [2.24, 2.45) is 0 Å². The summed E-state index contributed by atoms with van der Waals surface area (Å²) in [6.45, 7) is 0. The molecule has 0 radical (unpaired) electrons. The van der Waals surface area contributed by atoms with Gasteiger partial charge in [-0.05, 0) is 6.07 Å². The lowest BCUT2D eigenvalue weighted by Crippen LogP contribution is -2.30. The Bertz CT molecular complexity index is 567. The van der Waals surface area contributed by atoms with E-state index in [1.54, 1.807) is 6.07 Å². The largest absolute Gasteiger partial charge is 0.306 e. The Balaban J connectivity index is 2.07. The number of benzene rings is 1. The number of anilines is 1. The third kappa shape index (κ3) is 2.40. The molecule has 1 aromatic heterocycles. The number of rotatable bonds is 4. The molecule has 1 aromatic carbocycles. The highest BCUT2D eigenvalue weighted by molar-refractivity contribution is 5.91. The number of amides is 1. The van der Waals surface area contributed by atoms with E-state index in [-0.39, 0.29) is 17.2 Å². The molecule has 0 fully saturated rings. The van der Waals surface area contributed by atoms with Crippen molar-refractivity contribution in [3.8, 4) is 0 Å². The Hall–Kier alpha value is -2.97. The highest BCUT2D eigenvalue weighted by atomic mass is 16.6. The predicted octanol–water partition coefficient (Wildman–Crippen LogP) is 0.470. The maximum atomic E-state index is 11.5. The van der Waals surface area contributed by atoms with Gasteiger partial charge in [-0.3, -0.25) is 30.9 Å². The van der Waals surface area contributed by atoms with Crippen LogP contribution in [0.2, 0.25) is 0 Å². The van der Waals surface area contributed by atoms with E-state index in [4.69, 9.17) is 0 Å². The first-order valence-electron chi connectivity index (χ1n) is 4.83. The van der Waals surface area contributed by atoms with Crippen LogP contribution in [0.5, 0.6) is 0 Å². The number of hydrogen-bond acceptors (Lipinski definition) is 6. The van der Waals surface area contributed by atoms with Crippen LogP contribution >= 0.6 is 0 Å². The zero-order valence-corrected chi connectivity index (χ0v) is 8.95. The van der Waals surface area contributed by atoms with E-state index in [9.17, 15) is 14.9 Å². The number of nitrogens with one attached hydrogen (secondary N) is 3. The molecule has 92 valence electrons. The van der Waals surface area contributed by atoms with E-state index in [0.717, 1.165) is 0 Å². The zero-order valence-electron chi connectivity index (χ0n) is 8.95. The van der Waals surface area contributed by atoms with Gasteiger partial charge < -0.3 is 0 Å². The molecule has 3 N–H and O–H groups in total. The van der Waals surface area contributed by atoms with Crippen LogP contribution in [0.4, 0.5) is 11.4 Å². The number of carbonyl (C=O) groups excluding carboxylic acids is 1. The number of aromatic nitrogens is 3. The van der Waals surface area contributed by atoms with Gasteiger partial charge in [0.1, 0.15) is 12.0 Å². The summed E-state index contributed by atoms with van der Waals surface area (Å²) < 4.78 is 0. The van der Waals surface area contributed by atoms with Gasteiger partial charge in [-0.2, -0.15) is 5.10 Å². The summed E-state index contributed by atoms with van der Waals surface area (Å²) in [6.07, 6.45) is 1.18. The van der Waals surface area contributed by atoms with Crippen LogP contribution in [0.15, 0.2) is 30.6 Å². The summed E-state index contributed by atoms with van der Waals surface area (Å²) in [7, 11) is 0. The minimum Gasteiger partial charge on any atom is -0.292 e. The van der Waals surface area contributed by atoms with Crippen LogP contribution in [-0.4, -0.2) is 26.0 Å². The lowest BCUT2D eigenvalue weighted by atomic mass is 10.3. The molecule has 9 heteroatoms. The smallest absolute Gasteiger partial charge is 0.292 e. The quantitative estimate of drug-likeness (QED) is 0.533. The highest BCUT2D eigenvalue weighted by Crippen LogP contribution is 2.22. The van der Waals surface area contributed by atoms with Gasteiger partial charge in [-0.15, -0.1) is 0 Å². The van der Waals surface area contributed by atoms with Gasteiger partial charge in [0, 0.05) is 6.07 Å². The SMILES string of the molecule is O=C(NNc1ccccc1[N+](=O)[O-])c1ncn[nH]1. The maximum Gasteiger partial charge on any atom is 0.306 e. The first-order valence-corrected chi connectivity index (χ1v) is 4.83. The van der Waals surface area contributed by atoms with E-state index in [1.807, 2.05) is 0 Å². The van der Waals surface area contributed by atoms with Crippen LogP contribution in [0.1, 0.15) is 10.6 Å². The number of carbonyl (C=O) groups is 1. The molecule has 0 spiro atoms. The lowest BCUT2D eigenvalue weighted by molar-refractivity contribution is -0.384. The van der Waals surface area contributed by atoms with Gasteiger partial charge in [0.25, 0.3) is 5.69 Å². The van der Waals surface area contributed by atoms with Gasteiger partial charge in [0.2, 0.25) is 5.82 Å². The molecule has 0 aliphatic carbocycles. The number of hydrogen-bond donors (Lipinski definition) is 3. The second-order valence-corrected chi connectivity index (χ2v) is 3.19.